The van der Waals surface area contributed by atoms with Gasteiger partial charge >= 0.3 is 0 Å². The van der Waals surface area contributed by atoms with Gasteiger partial charge in [-0.15, -0.1) is 0 Å². The summed E-state index contributed by atoms with van der Waals surface area (Å²) in [7, 11) is 0. The lowest BCUT2D eigenvalue weighted by Gasteiger charge is -2.28. The van der Waals surface area contributed by atoms with E-state index in [0.29, 0.717) is 34.8 Å². The van der Waals surface area contributed by atoms with Crippen LogP contribution in [-0.4, -0.2) is 53.5 Å². The number of carbonyl (C=O) groups excluding carboxylic acids is 1. The molecule has 0 bridgehead atoms. The number of anilines is 1. The van der Waals surface area contributed by atoms with Gasteiger partial charge in [0.2, 0.25) is 5.89 Å². The maximum atomic E-state index is 12.9. The van der Waals surface area contributed by atoms with Crippen LogP contribution in [0.25, 0.3) is 23.0 Å². The maximum absolute atomic E-state index is 12.9. The van der Waals surface area contributed by atoms with E-state index < -0.39 is 5.91 Å². The van der Waals surface area contributed by atoms with Crippen LogP contribution in [0.4, 0.5) is 5.69 Å². The summed E-state index contributed by atoms with van der Waals surface area (Å²) in [5.41, 5.74) is 1.83. The largest absolute Gasteiger partial charge is 0.444 e. The van der Waals surface area contributed by atoms with E-state index in [1.54, 1.807) is 30.9 Å². The third kappa shape index (κ3) is 4.53. The zero-order valence-corrected chi connectivity index (χ0v) is 18.1. The number of carbonyl (C=O) groups is 1. The number of amides is 1. The van der Waals surface area contributed by atoms with Crippen LogP contribution >= 0.6 is 0 Å². The molecule has 0 aromatic carbocycles. The smallest absolute Gasteiger partial charge is 0.277 e. The highest BCUT2D eigenvalue weighted by atomic mass is 16.5. The van der Waals surface area contributed by atoms with E-state index >= 15 is 0 Å². The number of H-pyrrole nitrogens is 1. The van der Waals surface area contributed by atoms with Crippen molar-refractivity contribution in [3.8, 4) is 23.0 Å². The second-order valence-electron chi connectivity index (χ2n) is 7.81. The zero-order valence-electron chi connectivity index (χ0n) is 18.1. The Labute approximate surface area is 189 Å². The van der Waals surface area contributed by atoms with E-state index in [9.17, 15) is 4.79 Å². The first-order valence-electron chi connectivity index (χ1n) is 11.0. The Kier molecular flexibility index (Phi) is 5.94. The number of rotatable bonds is 7. The molecule has 0 radical (unpaired) electrons. The lowest BCUT2D eigenvalue weighted by atomic mass is 9.93. The fraction of sp³-hybridized carbons (Fsp3) is 0.364. The Morgan fingerprint density at radius 1 is 1.27 bits per heavy atom. The van der Waals surface area contributed by atoms with Crippen LogP contribution in [0.2, 0.25) is 0 Å². The molecule has 0 atom stereocenters. The van der Waals surface area contributed by atoms with Gasteiger partial charge in [0.15, 0.2) is 17.2 Å². The number of ether oxygens (including phenoxy) is 1. The standard InChI is InChI=1S/C22H24N8O3/c1-2-32-16-6-4-15(5-7-16)30-12-17(19(29-30)20-23-8-3-9-24-20)27-21(31)18-13-33-22(28-18)14-10-25-26-11-14/h3,8-13,15-16H,2,4-7H2,1H3,(H,25,26)(H,27,31). The summed E-state index contributed by atoms with van der Waals surface area (Å²) in [6, 6.07) is 1.95. The van der Waals surface area contributed by atoms with Gasteiger partial charge in [0.05, 0.1) is 29.6 Å². The molecule has 2 N–H and O–H groups in total. The van der Waals surface area contributed by atoms with Crippen LogP contribution in [0.1, 0.15) is 49.1 Å². The molecule has 33 heavy (non-hydrogen) atoms. The molecule has 4 heterocycles. The molecule has 1 amide bonds. The zero-order chi connectivity index (χ0) is 22.6. The third-order valence-electron chi connectivity index (χ3n) is 5.66. The molecule has 4 aromatic heterocycles. The van der Waals surface area contributed by atoms with Crippen molar-refractivity contribution in [3.05, 3.63) is 49.0 Å². The number of oxazole rings is 1. The van der Waals surface area contributed by atoms with E-state index in [2.05, 4.69) is 30.5 Å². The summed E-state index contributed by atoms with van der Waals surface area (Å²) >= 11 is 0. The molecule has 170 valence electrons. The Morgan fingerprint density at radius 2 is 2.09 bits per heavy atom. The normalized spacial score (nSPS) is 18.3. The van der Waals surface area contributed by atoms with E-state index in [1.807, 2.05) is 17.8 Å². The van der Waals surface area contributed by atoms with Crippen molar-refractivity contribution < 1.29 is 13.9 Å². The van der Waals surface area contributed by atoms with E-state index in [1.165, 1.54) is 6.26 Å². The molecule has 1 saturated carbocycles. The van der Waals surface area contributed by atoms with Crippen LogP contribution in [0.5, 0.6) is 0 Å². The number of hydrogen-bond donors (Lipinski definition) is 2. The van der Waals surface area contributed by atoms with Gasteiger partial charge in [-0.3, -0.25) is 14.6 Å². The van der Waals surface area contributed by atoms with E-state index in [-0.39, 0.29) is 11.7 Å². The summed E-state index contributed by atoms with van der Waals surface area (Å²) in [5.74, 6) is 0.335. The van der Waals surface area contributed by atoms with Gasteiger partial charge in [0.25, 0.3) is 5.91 Å². The topological polar surface area (TPSA) is 137 Å². The van der Waals surface area contributed by atoms with Crippen molar-refractivity contribution in [3.63, 3.8) is 0 Å². The van der Waals surface area contributed by atoms with Gasteiger partial charge < -0.3 is 14.5 Å². The number of nitrogens with zero attached hydrogens (tertiary/aromatic N) is 6. The molecule has 4 aromatic rings. The molecule has 1 fully saturated rings. The number of hydrogen-bond acceptors (Lipinski definition) is 8. The average molecular weight is 448 g/mol. The third-order valence-corrected chi connectivity index (χ3v) is 5.66. The highest BCUT2D eigenvalue weighted by Crippen LogP contribution is 2.33. The quantitative estimate of drug-likeness (QED) is 0.438. The molecule has 11 nitrogen and oxygen atoms in total. The molecule has 0 spiro atoms. The Hall–Kier alpha value is -3.86. The first-order valence-corrected chi connectivity index (χ1v) is 11.0. The predicted octanol–water partition coefficient (Wildman–Crippen LogP) is 3.49. The second-order valence-corrected chi connectivity index (χ2v) is 7.81. The van der Waals surface area contributed by atoms with Gasteiger partial charge in [0, 0.05) is 31.4 Å². The highest BCUT2D eigenvalue weighted by molar-refractivity contribution is 6.04. The molecule has 0 aliphatic heterocycles. The summed E-state index contributed by atoms with van der Waals surface area (Å²) < 4.78 is 13.1. The fourth-order valence-electron chi connectivity index (χ4n) is 4.03. The van der Waals surface area contributed by atoms with Crippen molar-refractivity contribution in [2.75, 3.05) is 11.9 Å². The minimum absolute atomic E-state index is 0.149. The van der Waals surface area contributed by atoms with Crippen molar-refractivity contribution in [2.24, 2.45) is 0 Å². The van der Waals surface area contributed by atoms with Crippen LogP contribution in [0.3, 0.4) is 0 Å². The molecule has 0 unspecified atom stereocenters. The lowest BCUT2D eigenvalue weighted by molar-refractivity contribution is 0.0260. The first-order chi connectivity index (χ1) is 16.2. The van der Waals surface area contributed by atoms with Crippen LogP contribution < -0.4 is 5.32 Å². The second kappa shape index (κ2) is 9.33. The molecule has 11 heteroatoms. The molecule has 1 aliphatic carbocycles. The Morgan fingerprint density at radius 3 is 2.82 bits per heavy atom. The van der Waals surface area contributed by atoms with Crippen molar-refractivity contribution in [1.29, 1.82) is 0 Å². The van der Waals surface area contributed by atoms with Gasteiger partial charge in [-0.05, 0) is 38.7 Å². The van der Waals surface area contributed by atoms with Crippen molar-refractivity contribution >= 4 is 11.6 Å². The van der Waals surface area contributed by atoms with Gasteiger partial charge in [-0.25, -0.2) is 15.0 Å². The van der Waals surface area contributed by atoms with Crippen molar-refractivity contribution in [1.82, 2.24) is 34.9 Å². The van der Waals surface area contributed by atoms with Crippen LogP contribution in [-0.2, 0) is 4.74 Å². The summed E-state index contributed by atoms with van der Waals surface area (Å²) in [6.07, 6.45) is 13.8. The minimum atomic E-state index is -0.412. The van der Waals surface area contributed by atoms with E-state index in [0.717, 1.165) is 32.3 Å². The highest BCUT2D eigenvalue weighted by Gasteiger charge is 2.26. The van der Waals surface area contributed by atoms with Crippen LogP contribution in [0, 0.1) is 0 Å². The number of nitrogens with one attached hydrogen (secondary N) is 2. The fourth-order valence-corrected chi connectivity index (χ4v) is 4.03. The summed E-state index contributed by atoms with van der Waals surface area (Å²) in [6.45, 7) is 2.75. The summed E-state index contributed by atoms with van der Waals surface area (Å²) in [4.78, 5) is 25.8. The maximum Gasteiger partial charge on any atom is 0.277 e. The minimum Gasteiger partial charge on any atom is -0.444 e. The van der Waals surface area contributed by atoms with Crippen molar-refractivity contribution in [2.45, 2.75) is 44.8 Å². The monoisotopic (exact) mass is 448 g/mol. The average Bonchev–Trinajstić information content (AvgIpc) is 3.61. The van der Waals surface area contributed by atoms with Gasteiger partial charge in [0.1, 0.15) is 6.26 Å². The van der Waals surface area contributed by atoms with Gasteiger partial charge in [-0.2, -0.15) is 10.2 Å². The number of aromatic nitrogens is 7. The SMILES string of the molecule is CCOC1CCC(n2cc(NC(=O)c3coc(-c4cn[nH]c4)n3)c(-c3ncccn3)n2)CC1. The first kappa shape index (κ1) is 21.0. The Balaban J connectivity index is 1.38. The summed E-state index contributed by atoms with van der Waals surface area (Å²) in [5, 5.41) is 14.2. The molecular formula is C22H24N8O3. The molecule has 1 aliphatic rings. The lowest BCUT2D eigenvalue weighted by Crippen LogP contribution is -2.24. The molecule has 0 saturated heterocycles. The van der Waals surface area contributed by atoms with Crippen LogP contribution in [0.15, 0.2) is 47.7 Å². The molecular weight excluding hydrogens is 424 g/mol. The Bertz CT molecular complexity index is 1190. The molecule has 5 rings (SSSR count). The van der Waals surface area contributed by atoms with E-state index in [4.69, 9.17) is 14.3 Å². The van der Waals surface area contributed by atoms with Gasteiger partial charge in [-0.1, -0.05) is 0 Å². The number of aromatic amines is 1. The predicted molar refractivity (Wildman–Crippen MR) is 118 cm³/mol.